The van der Waals surface area contributed by atoms with Crippen molar-refractivity contribution >= 4 is 28.2 Å². The van der Waals surface area contributed by atoms with Crippen molar-refractivity contribution in [1.82, 2.24) is 5.01 Å². The van der Waals surface area contributed by atoms with Crippen molar-refractivity contribution in [2.24, 2.45) is 10.1 Å². The Morgan fingerprint density at radius 1 is 1.24 bits per heavy atom. The first-order chi connectivity index (χ1) is 13.4. The predicted octanol–water partition coefficient (Wildman–Crippen LogP) is 5.76. The van der Waals surface area contributed by atoms with Crippen LogP contribution >= 0.6 is 11.8 Å². The summed E-state index contributed by atoms with van der Waals surface area (Å²) >= 11 is 1.14. The highest BCUT2D eigenvalue weighted by Gasteiger charge is 2.50. The predicted molar refractivity (Wildman–Crippen MR) is 100 cm³/mol. The number of hydrogen-bond donors (Lipinski definition) is 0. The molecule has 4 nitrogen and oxygen atoms in total. The van der Waals surface area contributed by atoms with E-state index in [2.05, 4.69) is 10.1 Å². The summed E-state index contributed by atoms with van der Waals surface area (Å²) in [5.74, 6) is 0.454. The van der Waals surface area contributed by atoms with Crippen molar-refractivity contribution < 1.29 is 26.3 Å². The highest BCUT2D eigenvalue weighted by molar-refractivity contribution is 8.14. The van der Waals surface area contributed by atoms with Gasteiger partial charge in [0.25, 0.3) is 0 Å². The molecule has 0 N–H and O–H groups in total. The van der Waals surface area contributed by atoms with Gasteiger partial charge in [-0.25, -0.2) is 4.99 Å². The summed E-state index contributed by atoms with van der Waals surface area (Å²) in [6.07, 6.45) is -9.82. The number of halogens is 6. The first kappa shape index (κ1) is 23.1. The van der Waals surface area contributed by atoms with Crippen LogP contribution in [-0.2, 0) is 6.18 Å². The Kier molecular flexibility index (Phi) is 6.57. The van der Waals surface area contributed by atoms with Gasteiger partial charge in [-0.2, -0.15) is 36.7 Å². The van der Waals surface area contributed by atoms with E-state index >= 15 is 0 Å². The number of alkyl halides is 6. The van der Waals surface area contributed by atoms with Gasteiger partial charge in [0.05, 0.1) is 22.9 Å². The molecule has 1 aromatic carbocycles. The van der Waals surface area contributed by atoms with Crippen molar-refractivity contribution in [1.29, 1.82) is 5.26 Å². The molecule has 29 heavy (non-hydrogen) atoms. The third kappa shape index (κ3) is 4.86. The number of hydrazone groups is 1. The smallest absolute Gasteiger partial charge is 0.284 e. The van der Waals surface area contributed by atoms with Crippen LogP contribution in [0.3, 0.4) is 0 Å². The average molecular weight is 436 g/mol. The molecule has 0 unspecified atom stereocenters. The standard InChI is InChI=1S/C18H18F6N4S/c1-4-28-16(3,9-14(27-28)18(22,23)24)15(29-5-2)26-12-7-6-11(10-25)13(8-12)17(19,20)21/h6-8H,4-5,9H2,1-3H3/b26-15-/t16-/m0/s1. The van der Waals surface area contributed by atoms with E-state index in [9.17, 15) is 26.3 Å². The summed E-state index contributed by atoms with van der Waals surface area (Å²) < 4.78 is 79.3. The van der Waals surface area contributed by atoms with Gasteiger partial charge in [0.2, 0.25) is 0 Å². The number of thioether (sulfide) groups is 1. The minimum atomic E-state index is -4.76. The second-order valence-electron chi connectivity index (χ2n) is 6.40. The molecule has 1 heterocycles. The van der Waals surface area contributed by atoms with Gasteiger partial charge in [0, 0.05) is 13.0 Å². The van der Waals surface area contributed by atoms with E-state index < -0.39 is 41.2 Å². The van der Waals surface area contributed by atoms with Crippen LogP contribution < -0.4 is 0 Å². The van der Waals surface area contributed by atoms with Crippen LogP contribution in [-0.4, -0.2) is 39.8 Å². The summed E-state index contributed by atoms with van der Waals surface area (Å²) in [5.41, 5.74) is -3.98. The van der Waals surface area contributed by atoms with E-state index in [1.54, 1.807) is 13.8 Å². The molecule has 0 aliphatic carbocycles. The van der Waals surface area contributed by atoms with Crippen LogP contribution in [0.5, 0.6) is 0 Å². The molecule has 1 atom stereocenters. The summed E-state index contributed by atoms with van der Waals surface area (Å²) in [5, 5.41) is 14.1. The fourth-order valence-electron chi connectivity index (χ4n) is 2.97. The van der Waals surface area contributed by atoms with E-state index in [0.29, 0.717) is 5.75 Å². The zero-order chi connectivity index (χ0) is 22.0. The Hall–Kier alpha value is -2.22. The van der Waals surface area contributed by atoms with Gasteiger partial charge in [-0.05, 0) is 37.8 Å². The number of rotatable bonds is 4. The fraction of sp³-hybridized carbons (Fsp3) is 0.500. The molecule has 0 saturated heterocycles. The number of nitrogens with zero attached hydrogens (tertiary/aromatic N) is 4. The number of benzene rings is 1. The van der Waals surface area contributed by atoms with Gasteiger partial charge in [-0.3, -0.25) is 5.01 Å². The fourth-order valence-corrected chi connectivity index (χ4v) is 3.90. The minimum Gasteiger partial charge on any atom is -0.284 e. The molecule has 2 rings (SSSR count). The van der Waals surface area contributed by atoms with Crippen LogP contribution in [0, 0.1) is 11.3 Å². The molecule has 11 heteroatoms. The quantitative estimate of drug-likeness (QED) is 0.342. The normalized spacial score (nSPS) is 20.6. The summed E-state index contributed by atoms with van der Waals surface area (Å²) in [4.78, 5) is 4.25. The maximum absolute atomic E-state index is 13.2. The average Bonchev–Trinajstić information content (AvgIpc) is 2.99. The number of hydrogen-bond acceptors (Lipinski definition) is 5. The number of aliphatic imine (C=N–C) groups is 1. The summed E-state index contributed by atoms with van der Waals surface area (Å²) in [7, 11) is 0. The lowest BCUT2D eigenvalue weighted by Gasteiger charge is -2.34. The zero-order valence-electron chi connectivity index (χ0n) is 15.8. The highest BCUT2D eigenvalue weighted by Crippen LogP contribution is 2.40. The molecule has 158 valence electrons. The molecule has 1 aliphatic rings. The highest BCUT2D eigenvalue weighted by atomic mass is 32.2. The topological polar surface area (TPSA) is 51.8 Å². The molecule has 1 aromatic rings. The molecule has 0 bridgehead atoms. The van der Waals surface area contributed by atoms with Gasteiger partial charge in [0.1, 0.15) is 16.3 Å². The third-order valence-electron chi connectivity index (χ3n) is 4.35. The largest absolute Gasteiger partial charge is 0.431 e. The molecule has 0 radical (unpaired) electrons. The Labute approximate surface area is 168 Å². The van der Waals surface area contributed by atoms with Crippen LogP contribution in [0.1, 0.15) is 38.3 Å². The van der Waals surface area contributed by atoms with E-state index in [4.69, 9.17) is 5.26 Å². The molecule has 0 saturated carbocycles. The third-order valence-corrected chi connectivity index (χ3v) is 5.44. The molecule has 0 aromatic heterocycles. The van der Waals surface area contributed by atoms with Gasteiger partial charge >= 0.3 is 12.4 Å². The molecule has 0 fully saturated rings. The second kappa shape index (κ2) is 8.26. The van der Waals surface area contributed by atoms with Crippen molar-refractivity contribution in [3.63, 3.8) is 0 Å². The van der Waals surface area contributed by atoms with Crippen molar-refractivity contribution in [2.75, 3.05) is 12.3 Å². The van der Waals surface area contributed by atoms with Gasteiger partial charge in [-0.15, -0.1) is 11.8 Å². The second-order valence-corrected chi connectivity index (χ2v) is 7.65. The van der Waals surface area contributed by atoms with E-state index in [0.717, 1.165) is 23.9 Å². The SMILES string of the molecule is CCS/C(=N\c1ccc(C#N)c(C(F)(F)F)c1)[C@]1(C)CC(C(F)(F)F)=NN1CC. The molecule has 0 spiro atoms. The van der Waals surface area contributed by atoms with Crippen LogP contribution in [0.25, 0.3) is 0 Å². The van der Waals surface area contributed by atoms with E-state index in [1.165, 1.54) is 24.1 Å². The first-order valence-electron chi connectivity index (χ1n) is 8.62. The molecular formula is C18H18F6N4S. The lowest BCUT2D eigenvalue weighted by molar-refractivity contribution is -0.137. The summed E-state index contributed by atoms with van der Waals surface area (Å²) in [6, 6.07) is 4.46. The van der Waals surface area contributed by atoms with Crippen LogP contribution in [0.15, 0.2) is 28.3 Å². The maximum atomic E-state index is 13.2. The molecule has 0 amide bonds. The Bertz CT molecular complexity index is 869. The minimum absolute atomic E-state index is 0.0926. The molecular weight excluding hydrogens is 418 g/mol. The zero-order valence-corrected chi connectivity index (χ0v) is 16.6. The number of nitriles is 1. The maximum Gasteiger partial charge on any atom is 0.431 e. The van der Waals surface area contributed by atoms with Gasteiger partial charge < -0.3 is 0 Å². The Balaban J connectivity index is 2.55. The van der Waals surface area contributed by atoms with Crippen LogP contribution in [0.2, 0.25) is 0 Å². The monoisotopic (exact) mass is 436 g/mol. The molecule has 1 aliphatic heterocycles. The van der Waals surface area contributed by atoms with Crippen molar-refractivity contribution in [2.45, 2.75) is 45.1 Å². The van der Waals surface area contributed by atoms with E-state index in [1.807, 2.05) is 0 Å². The van der Waals surface area contributed by atoms with Gasteiger partial charge in [0.15, 0.2) is 0 Å². The Morgan fingerprint density at radius 2 is 1.90 bits per heavy atom. The van der Waals surface area contributed by atoms with Gasteiger partial charge in [-0.1, -0.05) is 6.92 Å². The summed E-state index contributed by atoms with van der Waals surface area (Å²) in [6.45, 7) is 5.11. The lowest BCUT2D eigenvalue weighted by atomic mass is 9.96. The van der Waals surface area contributed by atoms with Crippen LogP contribution in [0.4, 0.5) is 32.0 Å². The van der Waals surface area contributed by atoms with E-state index in [-0.39, 0.29) is 17.3 Å². The van der Waals surface area contributed by atoms with Crippen molar-refractivity contribution in [3.8, 4) is 6.07 Å². The Morgan fingerprint density at radius 3 is 2.38 bits per heavy atom. The lowest BCUT2D eigenvalue weighted by Crippen LogP contribution is -2.46. The first-order valence-corrected chi connectivity index (χ1v) is 9.61. The van der Waals surface area contributed by atoms with Crippen molar-refractivity contribution in [3.05, 3.63) is 29.3 Å².